The minimum Gasteiger partial charge on any atom is -0.507 e. The smallest absolute Gasteiger partial charge is 0.344 e. The Morgan fingerprint density at radius 1 is 0.758 bits per heavy atom. The molecule has 0 radical (unpaired) electrons. The second-order valence-corrected chi connectivity index (χ2v) is 25.1. The molecule has 4 rings (SSSR count). The average molecular weight is 931 g/mol. The second kappa shape index (κ2) is 25.1. The first-order chi connectivity index (χ1) is 28.1. The molecule has 19 heteroatoms. The summed E-state index contributed by atoms with van der Waals surface area (Å²) in [5.41, 5.74) is 7.01. The van der Waals surface area contributed by atoms with E-state index in [2.05, 4.69) is 36.4 Å². The van der Waals surface area contributed by atoms with E-state index in [0.717, 1.165) is 45.2 Å². The highest BCUT2D eigenvalue weighted by Gasteiger charge is 2.34. The van der Waals surface area contributed by atoms with Gasteiger partial charge >= 0.3 is 27.1 Å². The molecule has 2 heterocycles. The molecule has 0 fully saturated rings. The van der Waals surface area contributed by atoms with Crippen molar-refractivity contribution in [2.45, 2.75) is 108 Å². The van der Waals surface area contributed by atoms with Gasteiger partial charge in [0.1, 0.15) is 47.3 Å². The van der Waals surface area contributed by atoms with Crippen LogP contribution in [0.25, 0.3) is 0 Å². The molecular weight excluding hydrogens is 859 g/mol. The third-order valence-corrected chi connectivity index (χ3v) is 14.0. The molecule has 2 aliphatic heterocycles. The minimum atomic E-state index is -4.09. The maximum Gasteiger partial charge on any atom is 0.344 e. The van der Waals surface area contributed by atoms with Crippen molar-refractivity contribution in [1.82, 2.24) is 10.6 Å². The number of methoxy groups -OCH3 is 2. The SMILES string of the molecule is C.C.CCOP(=O)(CNC/C(C)=C/Cc1c(OC)c(C)c2c(c1OCC[Si](C)(C)C)C(=O)OC2)OCC.COc1c(C)c2c(c(O)c1C/C=C(\C)CNCP(=O)(O)O)C(=O)OC2. The van der Waals surface area contributed by atoms with Crippen molar-refractivity contribution in [2.75, 3.05) is 59.7 Å². The highest BCUT2D eigenvalue weighted by Crippen LogP contribution is 2.47. The Morgan fingerprint density at radius 2 is 1.21 bits per heavy atom. The lowest BCUT2D eigenvalue weighted by Gasteiger charge is -2.21. The molecule has 62 heavy (non-hydrogen) atoms. The summed E-state index contributed by atoms with van der Waals surface area (Å²) in [4.78, 5) is 42.1. The maximum atomic E-state index is 12.6. The zero-order valence-corrected chi connectivity index (χ0v) is 39.7. The van der Waals surface area contributed by atoms with Crippen LogP contribution in [0.4, 0.5) is 0 Å². The van der Waals surface area contributed by atoms with Gasteiger partial charge in [-0.2, -0.15) is 0 Å². The van der Waals surface area contributed by atoms with Crippen LogP contribution < -0.4 is 24.8 Å². The van der Waals surface area contributed by atoms with Crippen LogP contribution >= 0.6 is 15.2 Å². The normalized spacial score (nSPS) is 13.8. The molecule has 2 aliphatic rings. The van der Waals surface area contributed by atoms with E-state index in [1.807, 2.05) is 13.8 Å². The van der Waals surface area contributed by atoms with Crippen molar-refractivity contribution in [3.05, 3.63) is 67.8 Å². The van der Waals surface area contributed by atoms with Crippen LogP contribution in [-0.2, 0) is 53.7 Å². The van der Waals surface area contributed by atoms with Crippen LogP contribution in [-0.4, -0.2) is 94.6 Å². The van der Waals surface area contributed by atoms with Gasteiger partial charge in [0.05, 0.1) is 46.6 Å². The Morgan fingerprint density at radius 3 is 1.68 bits per heavy atom. The van der Waals surface area contributed by atoms with E-state index in [1.165, 1.54) is 7.11 Å². The topological polar surface area (TPSA) is 218 Å². The minimum absolute atomic E-state index is 0. The van der Waals surface area contributed by atoms with Crippen LogP contribution in [0.2, 0.25) is 25.7 Å². The Bertz CT molecular complexity index is 2010. The summed E-state index contributed by atoms with van der Waals surface area (Å²) in [6.45, 7) is 20.4. The molecule has 0 amide bonds. The fourth-order valence-corrected chi connectivity index (χ4v) is 9.21. The number of hydrogen-bond acceptors (Lipinski definition) is 14. The lowest BCUT2D eigenvalue weighted by atomic mass is 9.95. The first-order valence-electron chi connectivity index (χ1n) is 19.9. The third-order valence-electron chi connectivity index (χ3n) is 9.76. The van der Waals surface area contributed by atoms with E-state index < -0.39 is 35.5 Å². The van der Waals surface area contributed by atoms with E-state index in [0.29, 0.717) is 73.9 Å². The Kier molecular flexibility index (Phi) is 22.9. The number of rotatable bonds is 22. The van der Waals surface area contributed by atoms with Gasteiger partial charge in [-0.05, 0) is 71.6 Å². The van der Waals surface area contributed by atoms with Crippen molar-refractivity contribution in [3.8, 4) is 23.0 Å². The van der Waals surface area contributed by atoms with Crippen molar-refractivity contribution in [2.24, 2.45) is 0 Å². The van der Waals surface area contributed by atoms with Gasteiger partial charge in [-0.25, -0.2) is 9.59 Å². The number of phenols is 1. The van der Waals surface area contributed by atoms with Crippen LogP contribution in [0.15, 0.2) is 23.3 Å². The molecular formula is C43H72N2O14P2Si. The zero-order valence-electron chi connectivity index (χ0n) is 36.9. The zero-order chi connectivity index (χ0) is 45.0. The van der Waals surface area contributed by atoms with Crippen LogP contribution in [0.5, 0.6) is 23.0 Å². The van der Waals surface area contributed by atoms with Gasteiger partial charge in [0.2, 0.25) is 0 Å². The van der Waals surface area contributed by atoms with E-state index >= 15 is 0 Å². The van der Waals surface area contributed by atoms with Crippen molar-refractivity contribution in [1.29, 1.82) is 0 Å². The summed E-state index contributed by atoms with van der Waals surface area (Å²) in [5.74, 6) is 0.745. The van der Waals surface area contributed by atoms with E-state index in [1.54, 1.807) is 40.9 Å². The lowest BCUT2D eigenvalue weighted by molar-refractivity contribution is 0.0523. The molecule has 0 saturated carbocycles. The quantitative estimate of drug-likeness (QED) is 0.0323. The molecule has 5 N–H and O–H groups in total. The number of ether oxygens (including phenoxy) is 5. The molecule has 0 atom stereocenters. The van der Waals surface area contributed by atoms with E-state index in [9.17, 15) is 23.8 Å². The standard InChI is InChI=1S/C25H42NO7PSi.C16H22NO7P.2CH4/c1-9-32-34(28,33-10-2)17-26-15-18(3)11-12-20-23(29-5)19(4)21-16-31-25(27)22(21)24(20)30-13-14-35(6,7)8;1-9(6-17-8-25(20,21)22)4-5-11-14(18)13-12(7-24-16(13)19)10(2)15(11)23-3;;/h11,26H,9-10,12-17H2,1-8H3;4,17-18H,5-8H2,1-3H3,(H2,20,21,22);2*1H4/b18-11+;9-4+;;. The maximum absolute atomic E-state index is 12.6. The van der Waals surface area contributed by atoms with E-state index in [4.69, 9.17) is 42.5 Å². The van der Waals surface area contributed by atoms with Crippen molar-refractivity contribution < 1.29 is 66.3 Å². The molecule has 0 bridgehead atoms. The predicted octanol–water partition coefficient (Wildman–Crippen LogP) is 8.56. The number of carbonyl (C=O) groups excluding carboxylic acids is 2. The molecule has 352 valence electrons. The number of phenolic OH excluding ortho intramolecular Hbond substituents is 1. The Balaban J connectivity index is 0.000000631. The summed E-state index contributed by atoms with van der Waals surface area (Å²) < 4.78 is 61.9. The van der Waals surface area contributed by atoms with Gasteiger partial charge < -0.3 is 58.3 Å². The molecule has 0 spiro atoms. The fourth-order valence-electron chi connectivity index (χ4n) is 6.66. The first kappa shape index (κ1) is 56.5. The van der Waals surface area contributed by atoms with Gasteiger partial charge in [-0.15, -0.1) is 0 Å². The van der Waals surface area contributed by atoms with Crippen molar-refractivity contribution >= 4 is 35.2 Å². The number of carbonyl (C=O) groups is 2. The average Bonchev–Trinajstić information content (AvgIpc) is 3.74. The lowest BCUT2D eigenvalue weighted by Crippen LogP contribution is -2.23. The molecule has 0 unspecified atom stereocenters. The van der Waals surface area contributed by atoms with Gasteiger partial charge in [0.15, 0.2) is 0 Å². The highest BCUT2D eigenvalue weighted by molar-refractivity contribution is 7.53. The number of aromatic hydroxyl groups is 1. The third kappa shape index (κ3) is 15.6. The van der Waals surface area contributed by atoms with Crippen LogP contribution in [0, 0.1) is 13.8 Å². The summed E-state index contributed by atoms with van der Waals surface area (Å²) in [7, 11) is -5.43. The number of cyclic esters (lactones) is 2. The van der Waals surface area contributed by atoms with E-state index in [-0.39, 0.29) is 51.6 Å². The molecule has 0 aromatic heterocycles. The van der Waals surface area contributed by atoms with Crippen LogP contribution in [0.1, 0.15) is 96.6 Å². The molecule has 0 saturated heterocycles. The van der Waals surface area contributed by atoms with Crippen molar-refractivity contribution in [3.63, 3.8) is 0 Å². The summed E-state index contributed by atoms with van der Waals surface area (Å²) in [6.07, 6.45) is 4.42. The monoisotopic (exact) mass is 930 g/mol. The van der Waals surface area contributed by atoms with Gasteiger partial charge in [0.25, 0.3) is 0 Å². The second-order valence-electron chi connectivity index (χ2n) is 15.8. The fraction of sp³-hybridized carbons (Fsp3) is 0.581. The summed E-state index contributed by atoms with van der Waals surface area (Å²) >= 11 is 0. The molecule has 2 aromatic carbocycles. The number of fused-ring (bicyclic) bond motifs is 2. The number of esters is 2. The van der Waals surface area contributed by atoms with Crippen LogP contribution in [0.3, 0.4) is 0 Å². The highest BCUT2D eigenvalue weighted by atomic mass is 31.2. The molecule has 16 nitrogen and oxygen atoms in total. The summed E-state index contributed by atoms with van der Waals surface area (Å²) in [6, 6.07) is 0.977. The summed E-state index contributed by atoms with van der Waals surface area (Å²) in [5, 5.41) is 16.3. The number of nitrogens with one attached hydrogen (secondary N) is 2. The number of hydrogen-bond donors (Lipinski definition) is 5. The number of allylic oxidation sites excluding steroid dienone is 2. The molecule has 2 aromatic rings. The predicted molar refractivity (Wildman–Crippen MR) is 246 cm³/mol. The van der Waals surface area contributed by atoms with Gasteiger partial charge in [-0.1, -0.05) is 57.8 Å². The largest absolute Gasteiger partial charge is 0.507 e. The Labute approximate surface area is 369 Å². The first-order valence-corrected chi connectivity index (χ1v) is 27.1. The van der Waals surface area contributed by atoms with Gasteiger partial charge in [-0.3, -0.25) is 9.13 Å². The Hall–Kier alpha value is -3.50. The molecule has 0 aliphatic carbocycles. The number of benzene rings is 2. The van der Waals surface area contributed by atoms with Gasteiger partial charge in [0, 0.05) is 43.4 Å².